The first kappa shape index (κ1) is 15.5. The van der Waals surface area contributed by atoms with Gasteiger partial charge in [-0.2, -0.15) is 0 Å². The molecule has 0 heterocycles. The highest BCUT2D eigenvalue weighted by Gasteiger charge is 2.52. The molecule has 1 amide bonds. The Kier molecular flexibility index (Phi) is 3.89. The zero-order valence-electron chi connectivity index (χ0n) is 14.2. The van der Waals surface area contributed by atoms with Gasteiger partial charge in [0.05, 0.1) is 7.11 Å². The minimum atomic E-state index is -0.751. The Morgan fingerprint density at radius 2 is 1.48 bits per heavy atom. The van der Waals surface area contributed by atoms with E-state index in [1.165, 1.54) is 39.2 Å². The Balaban J connectivity index is 1.51. The smallest absolute Gasteiger partial charge is 0.331 e. The van der Waals surface area contributed by atoms with Crippen molar-refractivity contribution in [2.45, 2.75) is 69.7 Å². The number of nitrogens with one attached hydrogen (secondary N) is 1. The van der Waals surface area contributed by atoms with Crippen molar-refractivity contribution in [1.82, 2.24) is 5.32 Å². The van der Waals surface area contributed by atoms with Crippen LogP contribution in [0.25, 0.3) is 0 Å². The minimum absolute atomic E-state index is 0.145. The fourth-order valence-corrected chi connectivity index (χ4v) is 6.40. The number of ether oxygens (including phenoxy) is 1. The third-order valence-electron chi connectivity index (χ3n) is 7.18. The molecule has 128 valence electrons. The lowest BCUT2D eigenvalue weighted by Crippen LogP contribution is -2.60. The zero-order chi connectivity index (χ0) is 16.0. The summed E-state index contributed by atoms with van der Waals surface area (Å²) in [5, 5.41) is 3.20. The van der Waals surface area contributed by atoms with Gasteiger partial charge >= 0.3 is 5.97 Å². The van der Waals surface area contributed by atoms with Crippen LogP contribution in [-0.4, -0.2) is 24.5 Å². The zero-order valence-corrected chi connectivity index (χ0v) is 14.2. The van der Waals surface area contributed by atoms with Crippen molar-refractivity contribution in [3.05, 3.63) is 0 Å². The summed E-state index contributed by atoms with van der Waals surface area (Å²) in [5.41, 5.74) is -0.751. The van der Waals surface area contributed by atoms with Crippen molar-refractivity contribution in [2.75, 3.05) is 7.11 Å². The first-order chi connectivity index (χ1) is 11.1. The van der Waals surface area contributed by atoms with E-state index in [9.17, 15) is 9.59 Å². The minimum Gasteiger partial charge on any atom is -0.467 e. The summed E-state index contributed by atoms with van der Waals surface area (Å²) in [5.74, 6) is 2.90. The molecule has 23 heavy (non-hydrogen) atoms. The third kappa shape index (κ3) is 2.58. The number of carbonyl (C=O) groups excluding carboxylic acids is 2. The Bertz CT molecular complexity index is 467. The van der Waals surface area contributed by atoms with E-state index in [-0.39, 0.29) is 17.8 Å². The van der Waals surface area contributed by atoms with Gasteiger partial charge in [-0.05, 0) is 68.6 Å². The summed E-state index contributed by atoms with van der Waals surface area (Å²) < 4.78 is 5.05. The molecule has 0 unspecified atom stereocenters. The molecular formula is C19H29NO3. The molecule has 0 aliphatic heterocycles. The summed E-state index contributed by atoms with van der Waals surface area (Å²) in [6, 6.07) is 0. The van der Waals surface area contributed by atoms with Crippen LogP contribution in [0, 0.1) is 29.6 Å². The maximum atomic E-state index is 13.1. The van der Waals surface area contributed by atoms with Crippen molar-refractivity contribution in [2.24, 2.45) is 29.6 Å². The van der Waals surface area contributed by atoms with Gasteiger partial charge in [-0.25, -0.2) is 4.79 Å². The van der Waals surface area contributed by atoms with Gasteiger partial charge in [-0.3, -0.25) is 4.79 Å². The summed E-state index contributed by atoms with van der Waals surface area (Å²) in [6.45, 7) is 0. The van der Waals surface area contributed by atoms with Gasteiger partial charge in [0, 0.05) is 5.92 Å². The molecule has 0 aromatic heterocycles. The Hall–Kier alpha value is -1.06. The van der Waals surface area contributed by atoms with Crippen LogP contribution >= 0.6 is 0 Å². The van der Waals surface area contributed by atoms with Crippen LogP contribution in [0.4, 0.5) is 0 Å². The van der Waals surface area contributed by atoms with Gasteiger partial charge in [0.25, 0.3) is 0 Å². The number of esters is 1. The second kappa shape index (κ2) is 5.78. The molecule has 5 rings (SSSR count). The molecule has 0 atom stereocenters. The summed E-state index contributed by atoms with van der Waals surface area (Å²) in [4.78, 5) is 25.5. The second-order valence-corrected chi connectivity index (χ2v) is 8.58. The molecule has 5 aliphatic rings. The van der Waals surface area contributed by atoms with Crippen molar-refractivity contribution >= 4 is 11.9 Å². The lowest BCUT2D eigenvalue weighted by Gasteiger charge is -2.54. The van der Waals surface area contributed by atoms with Crippen molar-refractivity contribution in [3.63, 3.8) is 0 Å². The molecule has 4 bridgehead atoms. The first-order valence-corrected chi connectivity index (χ1v) is 9.52. The highest BCUT2D eigenvalue weighted by atomic mass is 16.5. The fourth-order valence-electron chi connectivity index (χ4n) is 6.40. The van der Waals surface area contributed by atoms with E-state index in [1.54, 1.807) is 0 Å². The predicted molar refractivity (Wildman–Crippen MR) is 86.5 cm³/mol. The molecular weight excluding hydrogens is 290 g/mol. The Morgan fingerprint density at radius 3 is 2.00 bits per heavy atom. The van der Waals surface area contributed by atoms with Crippen LogP contribution in [0.3, 0.4) is 0 Å². The monoisotopic (exact) mass is 319 g/mol. The van der Waals surface area contributed by atoms with E-state index in [2.05, 4.69) is 5.32 Å². The largest absolute Gasteiger partial charge is 0.467 e. The molecule has 0 radical (unpaired) electrons. The van der Waals surface area contributed by atoms with Gasteiger partial charge in [-0.1, -0.05) is 19.3 Å². The van der Waals surface area contributed by atoms with Crippen molar-refractivity contribution in [1.29, 1.82) is 0 Å². The molecule has 0 spiro atoms. The molecule has 1 N–H and O–H groups in total. The van der Waals surface area contributed by atoms with E-state index in [1.807, 2.05) is 0 Å². The SMILES string of the molecule is COC(=O)C1(NC(=O)C2C3CC4CC(C3)CC2C4)CCCCC1. The van der Waals surface area contributed by atoms with Gasteiger partial charge in [0.2, 0.25) is 5.91 Å². The van der Waals surface area contributed by atoms with E-state index in [0.29, 0.717) is 11.8 Å². The number of hydrogen-bond donors (Lipinski definition) is 1. The normalized spacial score (nSPS) is 40.7. The van der Waals surface area contributed by atoms with E-state index in [4.69, 9.17) is 4.74 Å². The highest BCUT2D eigenvalue weighted by molar-refractivity contribution is 5.89. The highest BCUT2D eigenvalue weighted by Crippen LogP contribution is 2.56. The van der Waals surface area contributed by atoms with Crippen LogP contribution in [0.5, 0.6) is 0 Å². The van der Waals surface area contributed by atoms with Gasteiger partial charge in [-0.15, -0.1) is 0 Å². The molecule has 5 aliphatic carbocycles. The van der Waals surface area contributed by atoms with E-state index in [0.717, 1.165) is 43.9 Å². The van der Waals surface area contributed by atoms with Gasteiger partial charge in [0.1, 0.15) is 5.54 Å². The maximum Gasteiger partial charge on any atom is 0.331 e. The van der Waals surface area contributed by atoms with Crippen LogP contribution in [-0.2, 0) is 14.3 Å². The van der Waals surface area contributed by atoms with Crippen LogP contribution in [0.2, 0.25) is 0 Å². The predicted octanol–water partition coefficient (Wildman–Crippen LogP) is 3.05. The first-order valence-electron chi connectivity index (χ1n) is 9.52. The summed E-state index contributed by atoms with van der Waals surface area (Å²) >= 11 is 0. The lowest BCUT2D eigenvalue weighted by atomic mass is 9.51. The van der Waals surface area contributed by atoms with Crippen LogP contribution < -0.4 is 5.32 Å². The lowest BCUT2D eigenvalue weighted by molar-refractivity contribution is -0.156. The van der Waals surface area contributed by atoms with Crippen LogP contribution in [0.1, 0.15) is 64.2 Å². The number of methoxy groups -OCH3 is 1. The quantitative estimate of drug-likeness (QED) is 0.814. The number of carbonyl (C=O) groups is 2. The molecule has 4 nitrogen and oxygen atoms in total. The number of hydrogen-bond acceptors (Lipinski definition) is 3. The van der Waals surface area contributed by atoms with Crippen molar-refractivity contribution in [3.8, 4) is 0 Å². The third-order valence-corrected chi connectivity index (χ3v) is 7.18. The Labute approximate surface area is 138 Å². The maximum absolute atomic E-state index is 13.1. The summed E-state index contributed by atoms with van der Waals surface area (Å²) in [6.07, 6.45) is 10.9. The summed E-state index contributed by atoms with van der Waals surface area (Å²) in [7, 11) is 1.44. The molecule has 5 fully saturated rings. The molecule has 0 aromatic carbocycles. The van der Waals surface area contributed by atoms with E-state index < -0.39 is 5.54 Å². The second-order valence-electron chi connectivity index (χ2n) is 8.58. The molecule has 0 saturated heterocycles. The Morgan fingerprint density at radius 1 is 0.913 bits per heavy atom. The molecule has 5 saturated carbocycles. The molecule has 0 aromatic rings. The van der Waals surface area contributed by atoms with E-state index >= 15 is 0 Å². The van der Waals surface area contributed by atoms with Crippen LogP contribution in [0.15, 0.2) is 0 Å². The van der Waals surface area contributed by atoms with Gasteiger partial charge < -0.3 is 10.1 Å². The fraction of sp³-hybridized carbons (Fsp3) is 0.895. The average Bonchev–Trinajstić information content (AvgIpc) is 2.53. The number of amides is 1. The van der Waals surface area contributed by atoms with Gasteiger partial charge in [0.15, 0.2) is 0 Å². The standard InChI is InChI=1S/C19H29NO3/c1-23-18(22)19(5-3-2-4-6-19)20-17(21)16-14-8-12-7-13(10-14)11-15(16)9-12/h12-16H,2-11H2,1H3,(H,20,21). The van der Waals surface area contributed by atoms with Crippen molar-refractivity contribution < 1.29 is 14.3 Å². The average molecular weight is 319 g/mol. The molecule has 4 heteroatoms. The topological polar surface area (TPSA) is 55.4 Å². The number of rotatable bonds is 3.